The molecule has 1 aromatic carbocycles. The molecule has 2 unspecified atom stereocenters. The standard InChI is InChI=1S/C19H23ClO6S2/c1-19(2,3)28(25,26)15-6-4-5-13(21)16(15)18(22)12-7-8-14-11(17(12)20)9-10-27(14,23)24/h7-8,15-16H,4-6,9-10H2,1-3H3. The van der Waals surface area contributed by atoms with E-state index >= 15 is 0 Å². The highest BCUT2D eigenvalue weighted by Crippen LogP contribution is 2.39. The number of halogens is 1. The summed E-state index contributed by atoms with van der Waals surface area (Å²) in [6, 6.07) is 2.63. The zero-order valence-corrected chi connectivity index (χ0v) is 18.4. The molecule has 2 atom stereocenters. The summed E-state index contributed by atoms with van der Waals surface area (Å²) in [5, 5.41) is -1.09. The lowest BCUT2D eigenvalue weighted by molar-refractivity contribution is -0.122. The van der Waals surface area contributed by atoms with Gasteiger partial charge in [0, 0.05) is 12.0 Å². The third kappa shape index (κ3) is 3.33. The number of carbonyl (C=O) groups excluding carboxylic acids is 2. The number of hydrogen-bond donors (Lipinski definition) is 0. The summed E-state index contributed by atoms with van der Waals surface area (Å²) in [4.78, 5) is 26.0. The number of hydrogen-bond acceptors (Lipinski definition) is 6. The van der Waals surface area contributed by atoms with E-state index in [0.717, 1.165) is 0 Å². The van der Waals surface area contributed by atoms with Crippen molar-refractivity contribution in [2.45, 2.75) is 61.3 Å². The monoisotopic (exact) mass is 446 g/mol. The molecular formula is C19H23ClO6S2. The Kier molecular flexibility index (Phi) is 5.30. The first-order valence-electron chi connectivity index (χ1n) is 9.13. The molecule has 1 fully saturated rings. The van der Waals surface area contributed by atoms with E-state index in [1.165, 1.54) is 12.1 Å². The molecule has 0 bridgehead atoms. The van der Waals surface area contributed by atoms with Crippen molar-refractivity contribution < 1.29 is 26.4 Å². The zero-order valence-electron chi connectivity index (χ0n) is 16.0. The van der Waals surface area contributed by atoms with E-state index in [4.69, 9.17) is 11.6 Å². The number of rotatable bonds is 3. The number of carbonyl (C=O) groups is 2. The number of Topliss-reactive ketones (excluding diaryl/α,β-unsaturated/α-hetero) is 2. The summed E-state index contributed by atoms with van der Waals surface area (Å²) < 4.78 is 49.1. The molecule has 0 amide bonds. The summed E-state index contributed by atoms with van der Waals surface area (Å²) in [5.74, 6) is -2.44. The van der Waals surface area contributed by atoms with Crippen molar-refractivity contribution >= 4 is 42.8 Å². The summed E-state index contributed by atoms with van der Waals surface area (Å²) >= 11 is 6.35. The summed E-state index contributed by atoms with van der Waals surface area (Å²) in [6.45, 7) is 4.66. The number of benzene rings is 1. The van der Waals surface area contributed by atoms with Crippen LogP contribution in [0.1, 0.15) is 56.0 Å². The summed E-state index contributed by atoms with van der Waals surface area (Å²) in [7, 11) is -7.18. The molecule has 28 heavy (non-hydrogen) atoms. The highest BCUT2D eigenvalue weighted by atomic mass is 35.5. The third-order valence-electron chi connectivity index (χ3n) is 5.59. The van der Waals surface area contributed by atoms with Crippen molar-refractivity contribution in [1.82, 2.24) is 0 Å². The smallest absolute Gasteiger partial charge is 0.179 e. The minimum absolute atomic E-state index is 0.00820. The maximum absolute atomic E-state index is 13.3. The molecule has 0 saturated heterocycles. The Labute approximate surface area is 170 Å². The van der Waals surface area contributed by atoms with Gasteiger partial charge in [0.25, 0.3) is 0 Å². The second-order valence-corrected chi connectivity index (χ2v) is 13.7. The van der Waals surface area contributed by atoms with Gasteiger partial charge in [0.1, 0.15) is 5.78 Å². The highest BCUT2D eigenvalue weighted by Gasteiger charge is 2.49. The van der Waals surface area contributed by atoms with E-state index in [1.54, 1.807) is 20.8 Å². The quantitative estimate of drug-likeness (QED) is 0.522. The van der Waals surface area contributed by atoms with Crippen LogP contribution in [0, 0.1) is 5.92 Å². The Morgan fingerprint density at radius 3 is 2.43 bits per heavy atom. The average Bonchev–Trinajstić information content (AvgIpc) is 2.89. The SMILES string of the molecule is CC(C)(C)S(=O)(=O)C1CCCC(=O)C1C(=O)c1ccc2c(c1Cl)CCS2(=O)=O. The Morgan fingerprint density at radius 2 is 1.82 bits per heavy atom. The molecule has 1 aromatic rings. The van der Waals surface area contributed by atoms with Crippen LogP contribution in [0.25, 0.3) is 0 Å². The first-order chi connectivity index (χ1) is 12.8. The van der Waals surface area contributed by atoms with Crippen LogP contribution in [0.2, 0.25) is 5.02 Å². The van der Waals surface area contributed by atoms with Gasteiger partial charge in [-0.1, -0.05) is 11.6 Å². The van der Waals surface area contributed by atoms with Crippen LogP contribution in [-0.2, 0) is 30.9 Å². The predicted octanol–water partition coefficient (Wildman–Crippen LogP) is 2.80. The van der Waals surface area contributed by atoms with Gasteiger partial charge in [-0.25, -0.2) is 16.8 Å². The molecule has 0 aromatic heterocycles. The Morgan fingerprint density at radius 1 is 1.18 bits per heavy atom. The molecule has 2 aliphatic rings. The second-order valence-electron chi connectivity index (χ2n) is 8.37. The molecule has 154 valence electrons. The summed E-state index contributed by atoms with van der Waals surface area (Å²) in [6.07, 6.45) is 0.987. The van der Waals surface area contributed by atoms with E-state index in [2.05, 4.69) is 0 Å². The van der Waals surface area contributed by atoms with Crippen molar-refractivity contribution in [3.8, 4) is 0 Å². The van der Waals surface area contributed by atoms with Crippen LogP contribution >= 0.6 is 11.6 Å². The first-order valence-corrected chi connectivity index (χ1v) is 12.7. The van der Waals surface area contributed by atoms with Crippen LogP contribution in [-0.4, -0.2) is 44.2 Å². The van der Waals surface area contributed by atoms with E-state index < -0.39 is 47.2 Å². The molecular weight excluding hydrogens is 424 g/mol. The van der Waals surface area contributed by atoms with Gasteiger partial charge in [0.2, 0.25) is 0 Å². The van der Waals surface area contributed by atoms with Gasteiger partial charge in [0.05, 0.1) is 31.6 Å². The molecule has 0 N–H and O–H groups in total. The van der Waals surface area contributed by atoms with Crippen LogP contribution < -0.4 is 0 Å². The lowest BCUT2D eigenvalue weighted by Crippen LogP contribution is -2.48. The predicted molar refractivity (Wildman–Crippen MR) is 106 cm³/mol. The van der Waals surface area contributed by atoms with Crippen LogP contribution in [0.3, 0.4) is 0 Å². The average molecular weight is 447 g/mol. The Bertz CT molecular complexity index is 1060. The van der Waals surface area contributed by atoms with Crippen LogP contribution in [0.15, 0.2) is 17.0 Å². The van der Waals surface area contributed by atoms with Crippen LogP contribution in [0.4, 0.5) is 0 Å². The second kappa shape index (κ2) is 6.92. The maximum atomic E-state index is 13.3. The molecule has 9 heteroatoms. The number of fused-ring (bicyclic) bond motifs is 1. The highest BCUT2D eigenvalue weighted by molar-refractivity contribution is 7.93. The Hall–Kier alpha value is -1.25. The fourth-order valence-corrected chi connectivity index (χ4v) is 7.92. The van der Waals surface area contributed by atoms with Crippen molar-refractivity contribution in [2.75, 3.05) is 5.75 Å². The fraction of sp³-hybridized carbons (Fsp3) is 0.579. The van der Waals surface area contributed by atoms with Gasteiger partial charge in [-0.05, 0) is 57.7 Å². The largest absolute Gasteiger partial charge is 0.299 e. The minimum atomic E-state index is -3.76. The van der Waals surface area contributed by atoms with Crippen molar-refractivity contribution in [3.05, 3.63) is 28.3 Å². The van der Waals surface area contributed by atoms with E-state index in [9.17, 15) is 26.4 Å². The maximum Gasteiger partial charge on any atom is 0.179 e. The van der Waals surface area contributed by atoms with E-state index in [-0.39, 0.29) is 40.5 Å². The molecule has 3 rings (SSSR count). The molecule has 1 saturated carbocycles. The molecule has 0 radical (unpaired) electrons. The molecule has 1 aliphatic heterocycles. The van der Waals surface area contributed by atoms with Gasteiger partial charge in [-0.2, -0.15) is 0 Å². The fourth-order valence-electron chi connectivity index (χ4n) is 3.94. The molecule has 6 nitrogen and oxygen atoms in total. The topological polar surface area (TPSA) is 102 Å². The lowest BCUT2D eigenvalue weighted by atomic mass is 9.82. The minimum Gasteiger partial charge on any atom is -0.299 e. The van der Waals surface area contributed by atoms with Gasteiger partial charge in [-0.15, -0.1) is 0 Å². The normalized spacial score (nSPS) is 24.8. The molecule has 0 spiro atoms. The number of ketones is 2. The van der Waals surface area contributed by atoms with Gasteiger partial charge < -0.3 is 0 Å². The summed E-state index contributed by atoms with van der Waals surface area (Å²) in [5.41, 5.74) is 0.387. The van der Waals surface area contributed by atoms with Crippen molar-refractivity contribution in [2.24, 2.45) is 5.92 Å². The van der Waals surface area contributed by atoms with Gasteiger partial charge in [-0.3, -0.25) is 9.59 Å². The van der Waals surface area contributed by atoms with Crippen molar-refractivity contribution in [3.63, 3.8) is 0 Å². The third-order valence-corrected chi connectivity index (χ3v) is 10.8. The first kappa shape index (κ1) is 21.5. The molecule has 1 aliphatic carbocycles. The lowest BCUT2D eigenvalue weighted by Gasteiger charge is -2.34. The van der Waals surface area contributed by atoms with Crippen LogP contribution in [0.5, 0.6) is 0 Å². The van der Waals surface area contributed by atoms with E-state index in [1.807, 2.05) is 0 Å². The zero-order chi connectivity index (χ0) is 21.1. The van der Waals surface area contributed by atoms with Gasteiger partial charge >= 0.3 is 0 Å². The van der Waals surface area contributed by atoms with Crippen molar-refractivity contribution in [1.29, 1.82) is 0 Å². The van der Waals surface area contributed by atoms with E-state index in [0.29, 0.717) is 12.0 Å². The number of sulfone groups is 2. The molecule has 1 heterocycles. The Balaban J connectivity index is 2.09. The van der Waals surface area contributed by atoms with Gasteiger partial charge in [0.15, 0.2) is 25.5 Å².